The highest BCUT2D eigenvalue weighted by molar-refractivity contribution is 9.12. The fraction of sp³-hybridized carbons (Fsp3) is 0.394. The van der Waals surface area contributed by atoms with Crippen LogP contribution in [0.1, 0.15) is 44.6 Å². The normalized spacial score (nSPS) is 27.9. The molecule has 2 heterocycles. The predicted molar refractivity (Wildman–Crippen MR) is 165 cm³/mol. The van der Waals surface area contributed by atoms with Crippen LogP contribution < -0.4 is 0 Å². The molecule has 40 heavy (non-hydrogen) atoms. The Morgan fingerprint density at radius 2 is 1.75 bits per heavy atom. The summed E-state index contributed by atoms with van der Waals surface area (Å²) in [6.07, 6.45) is 12.2. The molecule has 0 bridgehead atoms. The van der Waals surface area contributed by atoms with E-state index in [4.69, 9.17) is 9.98 Å². The van der Waals surface area contributed by atoms with E-state index in [2.05, 4.69) is 65.3 Å². The zero-order valence-electron chi connectivity index (χ0n) is 22.7. The number of hydrogen-bond donors (Lipinski definition) is 1. The number of dihydropyridines is 1. The fourth-order valence-electron chi connectivity index (χ4n) is 6.66. The van der Waals surface area contributed by atoms with Gasteiger partial charge in [0.15, 0.2) is 9.84 Å². The molecule has 0 aromatic heterocycles. The Morgan fingerprint density at radius 3 is 2.45 bits per heavy atom. The minimum Gasteiger partial charge on any atom is -0.508 e. The van der Waals surface area contributed by atoms with Crippen LogP contribution in [0.4, 0.5) is 0 Å². The minimum absolute atomic E-state index is 0.0775. The summed E-state index contributed by atoms with van der Waals surface area (Å²) in [6, 6.07) is 16.8. The maximum absolute atomic E-state index is 12.8. The van der Waals surface area contributed by atoms with Gasteiger partial charge in [-0.1, -0.05) is 36.4 Å². The molecule has 2 aromatic rings. The van der Waals surface area contributed by atoms with Crippen LogP contribution in [0.25, 0.3) is 0 Å². The second-order valence-electron chi connectivity index (χ2n) is 11.5. The largest absolute Gasteiger partial charge is 0.508 e. The van der Waals surface area contributed by atoms with E-state index < -0.39 is 9.84 Å². The van der Waals surface area contributed by atoms with Crippen molar-refractivity contribution in [3.05, 3.63) is 93.6 Å². The molecule has 0 saturated heterocycles. The van der Waals surface area contributed by atoms with Crippen LogP contribution in [0.2, 0.25) is 0 Å². The summed E-state index contributed by atoms with van der Waals surface area (Å²) in [7, 11) is -3.35. The van der Waals surface area contributed by atoms with Crippen LogP contribution in [-0.4, -0.2) is 37.2 Å². The van der Waals surface area contributed by atoms with Crippen molar-refractivity contribution >= 4 is 37.7 Å². The molecule has 208 valence electrons. The Labute approximate surface area is 245 Å². The van der Waals surface area contributed by atoms with Crippen molar-refractivity contribution in [2.24, 2.45) is 33.7 Å². The van der Waals surface area contributed by atoms with Gasteiger partial charge in [-0.25, -0.2) is 8.42 Å². The van der Waals surface area contributed by atoms with Crippen LogP contribution in [0.15, 0.2) is 103 Å². The van der Waals surface area contributed by atoms with E-state index in [0.29, 0.717) is 30.1 Å². The van der Waals surface area contributed by atoms with E-state index in [0.717, 1.165) is 42.3 Å². The minimum atomic E-state index is -3.35. The molecule has 4 aliphatic rings. The summed E-state index contributed by atoms with van der Waals surface area (Å²) in [4.78, 5) is 10.4. The van der Waals surface area contributed by atoms with Crippen LogP contribution >= 0.6 is 15.9 Å². The van der Waals surface area contributed by atoms with Gasteiger partial charge in [-0.3, -0.25) is 9.98 Å². The smallest absolute Gasteiger partial charge is 0.178 e. The summed E-state index contributed by atoms with van der Waals surface area (Å²) in [5.41, 5.74) is 6.37. The van der Waals surface area contributed by atoms with E-state index in [-0.39, 0.29) is 22.4 Å². The van der Waals surface area contributed by atoms with Gasteiger partial charge in [0.25, 0.3) is 0 Å². The lowest BCUT2D eigenvalue weighted by Gasteiger charge is -2.29. The van der Waals surface area contributed by atoms with Crippen LogP contribution in [0.3, 0.4) is 0 Å². The number of aromatic hydroxyl groups is 1. The Kier molecular flexibility index (Phi) is 7.71. The zero-order valence-corrected chi connectivity index (χ0v) is 25.1. The van der Waals surface area contributed by atoms with Crippen LogP contribution in [0.5, 0.6) is 5.75 Å². The molecule has 0 amide bonds. The van der Waals surface area contributed by atoms with Gasteiger partial charge in [-0.05, 0) is 114 Å². The average molecular weight is 620 g/mol. The number of fused-ring (bicyclic) bond motifs is 1. The van der Waals surface area contributed by atoms with Crippen LogP contribution in [-0.2, 0) is 16.3 Å². The Hall–Kier alpha value is -2.77. The van der Waals surface area contributed by atoms with Crippen molar-refractivity contribution in [3.8, 4) is 5.75 Å². The third kappa shape index (κ3) is 5.55. The maximum atomic E-state index is 12.8. The average Bonchev–Trinajstić information content (AvgIpc) is 3.72. The van der Waals surface area contributed by atoms with Crippen LogP contribution in [0, 0.1) is 23.7 Å². The number of rotatable bonds is 8. The van der Waals surface area contributed by atoms with E-state index in [1.807, 2.05) is 6.21 Å². The molecule has 0 radical (unpaired) electrons. The van der Waals surface area contributed by atoms with Gasteiger partial charge >= 0.3 is 0 Å². The first-order valence-corrected chi connectivity index (χ1v) is 16.7. The van der Waals surface area contributed by atoms with Crippen molar-refractivity contribution < 1.29 is 13.5 Å². The molecule has 2 aliphatic heterocycles. The highest BCUT2D eigenvalue weighted by atomic mass is 79.9. The van der Waals surface area contributed by atoms with E-state index in [1.54, 1.807) is 0 Å². The topological polar surface area (TPSA) is 79.1 Å². The number of aliphatic imine (C=N–C) groups is 2. The van der Waals surface area contributed by atoms with Crippen molar-refractivity contribution in [3.63, 3.8) is 0 Å². The molecular weight excluding hydrogens is 584 g/mol. The first-order valence-electron chi connectivity index (χ1n) is 14.3. The summed E-state index contributed by atoms with van der Waals surface area (Å²) < 4.78 is 26.7. The Morgan fingerprint density at radius 1 is 1.02 bits per heavy atom. The third-order valence-electron chi connectivity index (χ3n) is 9.03. The predicted octanol–water partition coefficient (Wildman–Crippen LogP) is 7.24. The molecule has 0 spiro atoms. The number of halogens is 1. The van der Waals surface area contributed by atoms with E-state index >= 15 is 0 Å². The van der Waals surface area contributed by atoms with E-state index in [9.17, 15) is 13.5 Å². The summed E-state index contributed by atoms with van der Waals surface area (Å²) in [5, 5.41) is 9.49. The van der Waals surface area contributed by atoms with E-state index in [1.165, 1.54) is 46.7 Å². The first-order chi connectivity index (χ1) is 19.3. The Bertz CT molecular complexity index is 1530. The molecule has 5 nitrogen and oxygen atoms in total. The number of allylic oxidation sites excluding steroid dienone is 4. The van der Waals surface area contributed by atoms with Crippen molar-refractivity contribution in [1.82, 2.24) is 0 Å². The highest BCUT2D eigenvalue weighted by Gasteiger charge is 2.57. The molecule has 2 saturated carbocycles. The fourth-order valence-corrected chi connectivity index (χ4v) is 8.57. The molecule has 1 N–H and O–H groups in total. The van der Waals surface area contributed by atoms with Gasteiger partial charge in [0.1, 0.15) is 5.75 Å². The summed E-state index contributed by atoms with van der Waals surface area (Å²) in [5.74, 6) is 1.71. The lowest BCUT2D eigenvalue weighted by atomic mass is 9.78. The molecule has 2 aliphatic carbocycles. The number of benzene rings is 2. The first kappa shape index (κ1) is 27.4. The summed E-state index contributed by atoms with van der Waals surface area (Å²) in [6.45, 7) is 2.14. The standard InChI is InChI=1S/C33H35BrN2O3S/c1-2-23(18-22-6-4-3-5-7-22)27-19-29(36-32-28(34)20-35-33-30(27)31(32)33)24-10-8-21(9-11-24)16-17-40(38,39)26-14-12-25(37)13-15-26/h2-7,12-15,19-21,24,30-31,33,37H,8-11,16-18H2,1H3/b23-2+. The van der Waals surface area contributed by atoms with Gasteiger partial charge in [0.05, 0.1) is 26.9 Å². The second-order valence-corrected chi connectivity index (χ2v) is 14.4. The second kappa shape index (κ2) is 11.2. The molecule has 2 aromatic carbocycles. The number of sulfone groups is 1. The highest BCUT2D eigenvalue weighted by Crippen LogP contribution is 2.58. The van der Waals surface area contributed by atoms with Gasteiger partial charge < -0.3 is 5.11 Å². The maximum Gasteiger partial charge on any atom is 0.178 e. The quantitative estimate of drug-likeness (QED) is 0.339. The van der Waals surface area contributed by atoms with Crippen molar-refractivity contribution in [2.75, 3.05) is 5.75 Å². The third-order valence-corrected chi connectivity index (χ3v) is 11.4. The monoisotopic (exact) mass is 618 g/mol. The molecule has 6 rings (SSSR count). The molecule has 3 atom stereocenters. The Balaban J connectivity index is 1.18. The number of nitrogens with zero attached hydrogens (tertiary/aromatic N) is 2. The van der Waals surface area contributed by atoms with Gasteiger partial charge in [-0.15, -0.1) is 0 Å². The number of phenolic OH excluding ortho intramolecular Hbond substituents is 1. The van der Waals surface area contributed by atoms with Crippen molar-refractivity contribution in [2.45, 2.75) is 56.4 Å². The molecule has 3 unspecified atom stereocenters. The lowest BCUT2D eigenvalue weighted by Crippen LogP contribution is -2.23. The number of phenols is 1. The van der Waals surface area contributed by atoms with Gasteiger partial charge in [-0.2, -0.15) is 0 Å². The zero-order chi connectivity index (χ0) is 27.9. The lowest BCUT2D eigenvalue weighted by molar-refractivity contribution is 0.315. The number of hydrogen-bond acceptors (Lipinski definition) is 5. The molecular formula is C33H35BrN2O3S. The molecule has 7 heteroatoms. The SMILES string of the molecule is C/C=C(\Cc1ccccc1)C1=CC(C2CCC(CCS(=O)(=O)c3ccc(O)cc3)CC2)=NC2=C(Br)C=NC3C1C23. The van der Waals surface area contributed by atoms with Gasteiger partial charge in [0.2, 0.25) is 0 Å². The van der Waals surface area contributed by atoms with Crippen molar-refractivity contribution in [1.29, 1.82) is 0 Å². The van der Waals surface area contributed by atoms with Gasteiger partial charge in [0, 0.05) is 29.7 Å². The summed E-state index contributed by atoms with van der Waals surface area (Å²) >= 11 is 3.74. The molecule has 2 fully saturated rings.